The number of likely N-dealkylation sites (N-methyl/N-ethyl adjacent to an activating group) is 1. The number of hydrogen-bond donors (Lipinski definition) is 1. The highest BCUT2D eigenvalue weighted by Gasteiger charge is 2.09. The smallest absolute Gasteiger partial charge is 0.0742 e. The van der Waals surface area contributed by atoms with Gasteiger partial charge in [-0.3, -0.25) is 0 Å². The largest absolute Gasteiger partial charge is 0.393 e. The van der Waals surface area contributed by atoms with Gasteiger partial charge in [-0.2, -0.15) is 0 Å². The van der Waals surface area contributed by atoms with Gasteiger partial charge in [0.05, 0.1) is 11.6 Å². The molecule has 0 aromatic rings. The summed E-state index contributed by atoms with van der Waals surface area (Å²) in [6, 6.07) is 0.395. The number of nitrogens with zero attached hydrogens (tertiary/aromatic N) is 1. The molecule has 0 rings (SSSR count). The van der Waals surface area contributed by atoms with Crippen LogP contribution in [0.15, 0.2) is 0 Å². The van der Waals surface area contributed by atoms with Crippen molar-refractivity contribution in [2.45, 2.75) is 39.7 Å². The Hall–Kier alpha value is -0.190. The molecule has 0 saturated carbocycles. The molecule has 0 bridgehead atoms. The average molecular weight is 246 g/mol. The number of hydrogen-bond acceptors (Lipinski definition) is 3. The second-order valence-corrected chi connectivity index (χ2v) is 5.32. The maximum atomic E-state index is 5.56. The van der Waals surface area contributed by atoms with E-state index >= 15 is 0 Å². The fraction of sp³-hybridized carbons (Fsp3) is 0.917. The van der Waals surface area contributed by atoms with E-state index in [-0.39, 0.29) is 0 Å². The number of rotatable bonds is 9. The first-order valence-corrected chi connectivity index (χ1v) is 6.40. The molecule has 0 saturated heterocycles. The van der Waals surface area contributed by atoms with Gasteiger partial charge < -0.3 is 15.4 Å². The van der Waals surface area contributed by atoms with Crippen molar-refractivity contribution in [1.29, 1.82) is 0 Å². The predicted molar refractivity (Wildman–Crippen MR) is 73.8 cm³/mol. The van der Waals surface area contributed by atoms with E-state index in [4.69, 9.17) is 22.7 Å². The first-order chi connectivity index (χ1) is 7.43. The molecule has 0 heterocycles. The van der Waals surface area contributed by atoms with Crippen LogP contribution in [0, 0.1) is 5.92 Å². The van der Waals surface area contributed by atoms with Crippen LogP contribution in [0.3, 0.4) is 0 Å². The summed E-state index contributed by atoms with van der Waals surface area (Å²) in [4.78, 5) is 2.81. The first-order valence-electron chi connectivity index (χ1n) is 5.99. The summed E-state index contributed by atoms with van der Waals surface area (Å²) in [6.45, 7) is 9.12. The summed E-state index contributed by atoms with van der Waals surface area (Å²) in [5.74, 6) is 0.714. The molecule has 16 heavy (non-hydrogen) atoms. The zero-order valence-electron chi connectivity index (χ0n) is 11.0. The molecule has 1 atom stereocenters. The summed E-state index contributed by atoms with van der Waals surface area (Å²) in [7, 11) is 2.08. The Bertz CT molecular complexity index is 197. The molecule has 0 aliphatic heterocycles. The van der Waals surface area contributed by atoms with Crippen LogP contribution >= 0.6 is 12.2 Å². The molecule has 0 aromatic heterocycles. The monoisotopic (exact) mass is 246 g/mol. The molecular formula is C12H26N2OS. The zero-order valence-corrected chi connectivity index (χ0v) is 11.8. The molecule has 0 aromatic carbocycles. The van der Waals surface area contributed by atoms with E-state index in [1.54, 1.807) is 0 Å². The average Bonchev–Trinajstić information content (AvgIpc) is 2.15. The molecule has 0 aliphatic carbocycles. The van der Waals surface area contributed by atoms with E-state index in [1.165, 1.54) is 0 Å². The van der Waals surface area contributed by atoms with Gasteiger partial charge >= 0.3 is 0 Å². The van der Waals surface area contributed by atoms with Gasteiger partial charge in [-0.25, -0.2) is 0 Å². The van der Waals surface area contributed by atoms with E-state index in [1.807, 2.05) is 0 Å². The summed E-state index contributed by atoms with van der Waals surface area (Å²) in [5, 5.41) is 0. The minimum absolute atomic E-state index is 0.395. The molecule has 0 fully saturated rings. The van der Waals surface area contributed by atoms with Gasteiger partial charge in [0.2, 0.25) is 0 Å². The van der Waals surface area contributed by atoms with Crippen molar-refractivity contribution in [1.82, 2.24) is 4.90 Å². The Kier molecular flexibility index (Phi) is 8.80. The quantitative estimate of drug-likeness (QED) is 0.499. The van der Waals surface area contributed by atoms with Gasteiger partial charge in [-0.15, -0.1) is 0 Å². The lowest BCUT2D eigenvalue weighted by molar-refractivity contribution is 0.0944. The van der Waals surface area contributed by atoms with E-state index in [0.29, 0.717) is 16.9 Å². The molecule has 0 amide bonds. The van der Waals surface area contributed by atoms with Gasteiger partial charge in [0.1, 0.15) is 0 Å². The summed E-state index contributed by atoms with van der Waals surface area (Å²) < 4.78 is 5.56. The van der Waals surface area contributed by atoms with Gasteiger partial charge in [-0.05, 0) is 26.3 Å². The van der Waals surface area contributed by atoms with Crippen molar-refractivity contribution in [2.75, 3.05) is 26.8 Å². The molecule has 0 aliphatic rings. The third-order valence-electron chi connectivity index (χ3n) is 2.68. The summed E-state index contributed by atoms with van der Waals surface area (Å²) >= 11 is 4.89. The van der Waals surface area contributed by atoms with E-state index in [2.05, 4.69) is 32.7 Å². The van der Waals surface area contributed by atoms with Gasteiger partial charge in [-0.1, -0.05) is 26.1 Å². The maximum absolute atomic E-state index is 5.56. The van der Waals surface area contributed by atoms with Crippen molar-refractivity contribution < 1.29 is 4.74 Å². The molecule has 3 nitrogen and oxygen atoms in total. The van der Waals surface area contributed by atoms with Crippen molar-refractivity contribution in [2.24, 2.45) is 11.7 Å². The van der Waals surface area contributed by atoms with Crippen molar-refractivity contribution in [3.05, 3.63) is 0 Å². The second-order valence-electron chi connectivity index (χ2n) is 4.79. The Morgan fingerprint density at radius 2 is 1.94 bits per heavy atom. The first kappa shape index (κ1) is 15.8. The van der Waals surface area contributed by atoms with Crippen LogP contribution in [-0.2, 0) is 4.74 Å². The van der Waals surface area contributed by atoms with Crippen LogP contribution in [-0.4, -0.2) is 42.7 Å². The summed E-state index contributed by atoms with van der Waals surface area (Å²) in [6.07, 6.45) is 1.91. The second kappa shape index (κ2) is 8.90. The lowest BCUT2D eigenvalue weighted by atomic mass is 10.1. The Labute approximate surface area is 105 Å². The lowest BCUT2D eigenvalue weighted by Crippen LogP contribution is -2.35. The molecule has 4 heteroatoms. The van der Waals surface area contributed by atoms with Crippen molar-refractivity contribution >= 4 is 17.2 Å². The third kappa shape index (κ3) is 9.07. The van der Waals surface area contributed by atoms with E-state index in [0.717, 1.165) is 32.6 Å². The van der Waals surface area contributed by atoms with Gasteiger partial charge in [0.15, 0.2) is 0 Å². The van der Waals surface area contributed by atoms with Crippen LogP contribution in [0.2, 0.25) is 0 Å². The summed E-state index contributed by atoms with van der Waals surface area (Å²) in [5.41, 5.74) is 5.51. The topological polar surface area (TPSA) is 38.5 Å². The molecule has 0 radical (unpaired) electrons. The minimum atomic E-state index is 0.395. The number of ether oxygens (including phenoxy) is 1. The van der Waals surface area contributed by atoms with Crippen LogP contribution in [0.4, 0.5) is 0 Å². The number of nitrogens with two attached hydrogens (primary N) is 1. The van der Waals surface area contributed by atoms with Gasteiger partial charge in [0.25, 0.3) is 0 Å². The Morgan fingerprint density at radius 1 is 1.31 bits per heavy atom. The Balaban J connectivity index is 3.49. The highest BCUT2D eigenvalue weighted by molar-refractivity contribution is 7.80. The molecule has 1 unspecified atom stereocenters. The maximum Gasteiger partial charge on any atom is 0.0742 e. The van der Waals surface area contributed by atoms with Crippen molar-refractivity contribution in [3.8, 4) is 0 Å². The van der Waals surface area contributed by atoms with E-state index < -0.39 is 0 Å². The Morgan fingerprint density at radius 3 is 2.44 bits per heavy atom. The van der Waals surface area contributed by atoms with Crippen molar-refractivity contribution in [3.63, 3.8) is 0 Å². The molecule has 2 N–H and O–H groups in total. The standard InChI is InChI=1S/C12H26N2OS/c1-10(2)5-7-15-8-6-14(4)11(3)9-12(13)16/h10-11H,5-9H2,1-4H3,(H2,13,16). The zero-order chi connectivity index (χ0) is 12.6. The third-order valence-corrected chi connectivity index (χ3v) is 2.84. The number of thiocarbonyl (C=S) groups is 1. The lowest BCUT2D eigenvalue weighted by Gasteiger charge is -2.24. The normalized spacial score (nSPS) is 13.4. The van der Waals surface area contributed by atoms with Crippen LogP contribution in [0.1, 0.15) is 33.6 Å². The fourth-order valence-corrected chi connectivity index (χ4v) is 1.54. The molecule has 0 spiro atoms. The SMILES string of the molecule is CC(C)CCOCCN(C)C(C)CC(N)=S. The van der Waals surface area contributed by atoms with Crippen LogP contribution in [0.5, 0.6) is 0 Å². The minimum Gasteiger partial charge on any atom is -0.393 e. The van der Waals surface area contributed by atoms with Crippen LogP contribution < -0.4 is 5.73 Å². The fourth-order valence-electron chi connectivity index (χ4n) is 1.30. The van der Waals surface area contributed by atoms with Gasteiger partial charge in [0, 0.05) is 25.6 Å². The molecule has 96 valence electrons. The van der Waals surface area contributed by atoms with Crippen LogP contribution in [0.25, 0.3) is 0 Å². The predicted octanol–water partition coefficient (Wildman–Crippen LogP) is 2.05. The molecular weight excluding hydrogens is 220 g/mol. The highest BCUT2D eigenvalue weighted by Crippen LogP contribution is 2.02. The van der Waals surface area contributed by atoms with E-state index in [9.17, 15) is 0 Å². The highest BCUT2D eigenvalue weighted by atomic mass is 32.1.